The molecule has 0 spiro atoms. The van der Waals surface area contributed by atoms with Gasteiger partial charge < -0.3 is 4.90 Å². The SMILES string of the molecule is C/C(=C\N(C)CCCC(C)(C)C)CC(C)C. The van der Waals surface area contributed by atoms with Gasteiger partial charge in [-0.05, 0) is 43.7 Å². The van der Waals surface area contributed by atoms with Gasteiger partial charge in [-0.15, -0.1) is 0 Å². The zero-order valence-corrected chi connectivity index (χ0v) is 12.4. The average Bonchev–Trinajstić information content (AvgIpc) is 1.98. The summed E-state index contributed by atoms with van der Waals surface area (Å²) in [7, 11) is 2.19. The van der Waals surface area contributed by atoms with Gasteiger partial charge in [0.15, 0.2) is 0 Å². The van der Waals surface area contributed by atoms with E-state index in [2.05, 4.69) is 59.7 Å². The van der Waals surface area contributed by atoms with Crippen LogP contribution in [-0.2, 0) is 0 Å². The summed E-state index contributed by atoms with van der Waals surface area (Å²) in [6.07, 6.45) is 6.10. The first-order valence-corrected chi connectivity index (χ1v) is 6.58. The lowest BCUT2D eigenvalue weighted by Crippen LogP contribution is -2.16. The quantitative estimate of drug-likeness (QED) is 0.633. The summed E-state index contributed by atoms with van der Waals surface area (Å²) in [5.41, 5.74) is 1.96. The van der Waals surface area contributed by atoms with Crippen LogP contribution in [0.4, 0.5) is 0 Å². The molecule has 0 saturated heterocycles. The first-order valence-electron chi connectivity index (χ1n) is 6.58. The molecule has 0 aromatic rings. The van der Waals surface area contributed by atoms with Crippen LogP contribution in [0, 0.1) is 11.3 Å². The first-order chi connectivity index (χ1) is 7.20. The molecule has 0 aromatic carbocycles. The lowest BCUT2D eigenvalue weighted by molar-refractivity contribution is 0.331. The van der Waals surface area contributed by atoms with Crippen LogP contribution in [0.2, 0.25) is 0 Å². The van der Waals surface area contributed by atoms with Gasteiger partial charge in [0.1, 0.15) is 0 Å². The maximum absolute atomic E-state index is 2.34. The molecule has 0 aliphatic heterocycles. The summed E-state index contributed by atoms with van der Waals surface area (Å²) < 4.78 is 0. The summed E-state index contributed by atoms with van der Waals surface area (Å²) in [6, 6.07) is 0. The fraction of sp³-hybridized carbons (Fsp3) is 0.867. The molecule has 0 bridgehead atoms. The highest BCUT2D eigenvalue weighted by Gasteiger charge is 2.09. The van der Waals surface area contributed by atoms with Gasteiger partial charge in [0.05, 0.1) is 0 Å². The van der Waals surface area contributed by atoms with Crippen molar-refractivity contribution in [3.05, 3.63) is 11.8 Å². The Kier molecular flexibility index (Phi) is 6.78. The Labute approximate surface area is 103 Å². The molecule has 0 aliphatic rings. The van der Waals surface area contributed by atoms with Gasteiger partial charge in [0.2, 0.25) is 0 Å². The van der Waals surface area contributed by atoms with Crippen molar-refractivity contribution in [1.29, 1.82) is 0 Å². The minimum absolute atomic E-state index is 0.470. The summed E-state index contributed by atoms with van der Waals surface area (Å²) in [5.74, 6) is 0.763. The highest BCUT2D eigenvalue weighted by Crippen LogP contribution is 2.20. The normalized spacial score (nSPS) is 13.4. The van der Waals surface area contributed by atoms with Gasteiger partial charge in [0.25, 0.3) is 0 Å². The molecule has 0 heterocycles. The van der Waals surface area contributed by atoms with E-state index in [1.807, 2.05) is 0 Å². The molecule has 96 valence electrons. The third-order valence-electron chi connectivity index (χ3n) is 2.61. The van der Waals surface area contributed by atoms with Gasteiger partial charge in [-0.1, -0.05) is 40.2 Å². The van der Waals surface area contributed by atoms with E-state index in [9.17, 15) is 0 Å². The number of allylic oxidation sites excluding steroid dienone is 1. The smallest absolute Gasteiger partial charge is 0.0169 e. The molecule has 1 heteroatoms. The van der Waals surface area contributed by atoms with Gasteiger partial charge in [-0.3, -0.25) is 0 Å². The molecule has 0 amide bonds. The molecule has 0 unspecified atom stereocenters. The Bertz CT molecular complexity index is 208. The fourth-order valence-corrected chi connectivity index (χ4v) is 2.00. The van der Waals surface area contributed by atoms with Gasteiger partial charge in [0, 0.05) is 13.6 Å². The van der Waals surface area contributed by atoms with Gasteiger partial charge in [-0.25, -0.2) is 0 Å². The first kappa shape index (κ1) is 15.5. The van der Waals surface area contributed by atoms with Crippen LogP contribution in [0.5, 0.6) is 0 Å². The second kappa shape index (κ2) is 6.98. The van der Waals surface area contributed by atoms with Crippen molar-refractivity contribution in [2.24, 2.45) is 11.3 Å². The topological polar surface area (TPSA) is 3.24 Å². The molecule has 0 rings (SSSR count). The molecular formula is C15H31N. The van der Waals surface area contributed by atoms with Gasteiger partial charge in [-0.2, -0.15) is 0 Å². The standard InChI is InChI=1S/C15H31N/c1-13(2)11-14(3)12-16(7)10-8-9-15(4,5)6/h12-13H,8-11H2,1-7H3/b14-12+. The van der Waals surface area contributed by atoms with E-state index in [0.717, 1.165) is 5.92 Å². The molecular weight excluding hydrogens is 194 g/mol. The van der Waals surface area contributed by atoms with Crippen molar-refractivity contribution < 1.29 is 0 Å². The van der Waals surface area contributed by atoms with E-state index in [1.54, 1.807) is 0 Å². The highest BCUT2D eigenvalue weighted by atomic mass is 15.1. The van der Waals surface area contributed by atoms with Crippen molar-refractivity contribution in [1.82, 2.24) is 4.90 Å². The van der Waals surface area contributed by atoms with Crippen LogP contribution in [0.1, 0.15) is 60.8 Å². The molecule has 0 fully saturated rings. The monoisotopic (exact) mass is 225 g/mol. The summed E-state index contributed by atoms with van der Waals surface area (Å²) in [6.45, 7) is 14.9. The summed E-state index contributed by atoms with van der Waals surface area (Å²) in [4.78, 5) is 2.34. The lowest BCUT2D eigenvalue weighted by Gasteiger charge is -2.21. The number of nitrogens with zero attached hydrogens (tertiary/aromatic N) is 1. The Morgan fingerprint density at radius 2 is 1.81 bits per heavy atom. The van der Waals surface area contributed by atoms with E-state index in [1.165, 1.54) is 31.4 Å². The molecule has 0 aliphatic carbocycles. The van der Waals surface area contributed by atoms with Crippen LogP contribution in [0.25, 0.3) is 0 Å². The fourth-order valence-electron chi connectivity index (χ4n) is 2.00. The Hall–Kier alpha value is -0.460. The molecule has 1 nitrogen and oxygen atoms in total. The van der Waals surface area contributed by atoms with E-state index in [0.29, 0.717) is 5.41 Å². The molecule has 0 atom stereocenters. The highest BCUT2D eigenvalue weighted by molar-refractivity contribution is 4.97. The van der Waals surface area contributed by atoms with Crippen molar-refractivity contribution in [3.63, 3.8) is 0 Å². The van der Waals surface area contributed by atoms with Crippen molar-refractivity contribution >= 4 is 0 Å². The predicted octanol–water partition coefficient (Wildman–Crippen LogP) is 4.69. The zero-order valence-electron chi connectivity index (χ0n) is 12.4. The minimum Gasteiger partial charge on any atom is -0.380 e. The number of rotatable bonds is 6. The molecule has 0 N–H and O–H groups in total. The van der Waals surface area contributed by atoms with Crippen LogP contribution >= 0.6 is 0 Å². The van der Waals surface area contributed by atoms with Crippen molar-refractivity contribution in [2.75, 3.05) is 13.6 Å². The van der Waals surface area contributed by atoms with Crippen LogP contribution in [0.3, 0.4) is 0 Å². The van der Waals surface area contributed by atoms with Crippen molar-refractivity contribution in [3.8, 4) is 0 Å². The average molecular weight is 225 g/mol. The maximum atomic E-state index is 2.34. The van der Waals surface area contributed by atoms with E-state index in [-0.39, 0.29) is 0 Å². The van der Waals surface area contributed by atoms with Gasteiger partial charge >= 0.3 is 0 Å². The Morgan fingerprint density at radius 1 is 1.25 bits per heavy atom. The molecule has 0 saturated carbocycles. The van der Waals surface area contributed by atoms with Crippen molar-refractivity contribution in [2.45, 2.75) is 60.8 Å². The Balaban J connectivity index is 3.85. The van der Waals surface area contributed by atoms with Crippen LogP contribution in [0.15, 0.2) is 11.8 Å². The molecule has 0 aromatic heterocycles. The third kappa shape index (κ3) is 10.1. The second-order valence-corrected chi connectivity index (χ2v) is 6.72. The second-order valence-electron chi connectivity index (χ2n) is 6.72. The van der Waals surface area contributed by atoms with Crippen LogP contribution < -0.4 is 0 Å². The van der Waals surface area contributed by atoms with E-state index < -0.39 is 0 Å². The largest absolute Gasteiger partial charge is 0.380 e. The maximum Gasteiger partial charge on any atom is 0.0169 e. The predicted molar refractivity (Wildman–Crippen MR) is 74.5 cm³/mol. The zero-order chi connectivity index (χ0) is 12.8. The summed E-state index contributed by atoms with van der Waals surface area (Å²) >= 11 is 0. The number of hydrogen-bond donors (Lipinski definition) is 0. The third-order valence-corrected chi connectivity index (χ3v) is 2.61. The Morgan fingerprint density at radius 3 is 2.25 bits per heavy atom. The number of hydrogen-bond acceptors (Lipinski definition) is 1. The van der Waals surface area contributed by atoms with E-state index in [4.69, 9.17) is 0 Å². The molecule has 16 heavy (non-hydrogen) atoms. The lowest BCUT2D eigenvalue weighted by atomic mass is 9.90. The van der Waals surface area contributed by atoms with E-state index >= 15 is 0 Å². The molecule has 0 radical (unpaired) electrons. The summed E-state index contributed by atoms with van der Waals surface area (Å²) in [5, 5.41) is 0. The minimum atomic E-state index is 0.470. The van der Waals surface area contributed by atoms with Crippen LogP contribution in [-0.4, -0.2) is 18.5 Å².